The Morgan fingerprint density at radius 3 is 1.09 bits per heavy atom. The Kier molecular flexibility index (Phi) is 9.94. The van der Waals surface area contributed by atoms with Crippen molar-refractivity contribution in [3.05, 3.63) is 198 Å². The Hall–Kier alpha value is -7.78. The third kappa shape index (κ3) is 6.81. The van der Waals surface area contributed by atoms with Crippen molar-refractivity contribution in [2.45, 2.75) is 105 Å². The number of aromatic nitrogens is 3. The lowest BCUT2D eigenvalue weighted by Crippen LogP contribution is -2.70. The number of nitrogens with zero attached hydrogens (tertiary/aromatic N) is 4. The summed E-state index contributed by atoms with van der Waals surface area (Å²) in [6.45, 7) is 27.4. The minimum Gasteiger partial charge on any atom is -0.308 e. The summed E-state index contributed by atoms with van der Waals surface area (Å²) in [5, 5.41) is 22.3. The van der Waals surface area contributed by atoms with Gasteiger partial charge in [0.15, 0.2) is 8.07 Å². The van der Waals surface area contributed by atoms with E-state index in [1.807, 2.05) is 0 Å². The minimum absolute atomic E-state index is 0.0622. The fourth-order valence-corrected chi connectivity index (χ4v) is 18.3. The molecule has 75 heavy (non-hydrogen) atoms. The molecule has 8 aromatic carbocycles. The van der Waals surface area contributed by atoms with Gasteiger partial charge in [-0.1, -0.05) is 186 Å². The van der Waals surface area contributed by atoms with Crippen molar-refractivity contribution in [1.82, 2.24) is 14.1 Å². The standard InChI is InChI=1S/C70H64N4Si/c1-67(2,3)43-25-30-56-50(37-43)51-38-44(68(4,5)6)26-31-57(51)73(56)60-35-42(36-61(54(60)41-71)74-58-32-27-45(69(7,8)9)39-52(58)53-40-46(70(10,11)12)28-33-59(53)74)55-29-34-65-66(72-55)49-21-15-18-24-64(49)75(65)62-22-16-13-19-47(62)48-20-14-17-23-63(48)75/h13-40H,1-12H3. The maximum atomic E-state index is 12.0. The number of nitriles is 1. The van der Waals surface area contributed by atoms with E-state index in [0.717, 1.165) is 50.4 Å². The minimum atomic E-state index is -2.71. The molecule has 5 heterocycles. The lowest BCUT2D eigenvalue weighted by atomic mass is 9.85. The van der Waals surface area contributed by atoms with Gasteiger partial charge in [0.2, 0.25) is 0 Å². The maximum absolute atomic E-state index is 12.0. The second-order valence-electron chi connectivity index (χ2n) is 25.6. The van der Waals surface area contributed by atoms with E-state index in [-0.39, 0.29) is 21.7 Å². The molecule has 0 saturated heterocycles. The molecule has 0 bridgehead atoms. The van der Waals surface area contributed by atoms with Crippen LogP contribution in [0.4, 0.5) is 0 Å². The maximum Gasteiger partial charge on any atom is 0.183 e. The highest BCUT2D eigenvalue weighted by atomic mass is 28.3. The van der Waals surface area contributed by atoms with Crippen molar-refractivity contribution < 1.29 is 0 Å². The number of rotatable bonds is 3. The van der Waals surface area contributed by atoms with Gasteiger partial charge >= 0.3 is 0 Å². The molecule has 2 aliphatic rings. The van der Waals surface area contributed by atoms with E-state index in [1.165, 1.54) is 81.2 Å². The summed E-state index contributed by atoms with van der Waals surface area (Å²) in [7, 11) is -2.71. The van der Waals surface area contributed by atoms with Crippen molar-refractivity contribution in [1.29, 1.82) is 5.26 Å². The van der Waals surface area contributed by atoms with E-state index in [4.69, 9.17) is 4.98 Å². The van der Waals surface area contributed by atoms with Gasteiger partial charge in [-0.05, 0) is 143 Å². The zero-order valence-electron chi connectivity index (χ0n) is 45.5. The first-order valence-electron chi connectivity index (χ1n) is 26.8. The van der Waals surface area contributed by atoms with Crippen molar-refractivity contribution >= 4 is 72.4 Å². The van der Waals surface area contributed by atoms with Crippen molar-refractivity contribution in [3.63, 3.8) is 0 Å². The first kappa shape index (κ1) is 47.0. The molecule has 4 nitrogen and oxygen atoms in total. The molecule has 0 radical (unpaired) electrons. The van der Waals surface area contributed by atoms with Crippen molar-refractivity contribution in [3.8, 4) is 51.1 Å². The summed E-state index contributed by atoms with van der Waals surface area (Å²) in [5.74, 6) is 0. The van der Waals surface area contributed by atoms with E-state index in [0.29, 0.717) is 5.56 Å². The Morgan fingerprint density at radius 1 is 0.387 bits per heavy atom. The highest BCUT2D eigenvalue weighted by Crippen LogP contribution is 2.44. The van der Waals surface area contributed by atoms with Gasteiger partial charge in [0.25, 0.3) is 0 Å². The highest BCUT2D eigenvalue weighted by molar-refractivity contribution is 7.24. The Bertz CT molecular complexity index is 3940. The van der Waals surface area contributed by atoms with E-state index < -0.39 is 8.07 Å². The number of fused-ring (bicyclic) bond motifs is 16. The first-order chi connectivity index (χ1) is 35.7. The molecule has 368 valence electrons. The largest absolute Gasteiger partial charge is 0.308 e. The van der Waals surface area contributed by atoms with E-state index in [2.05, 4.69) is 268 Å². The predicted octanol–water partition coefficient (Wildman–Crippen LogP) is 15.3. The van der Waals surface area contributed by atoms with Gasteiger partial charge < -0.3 is 9.13 Å². The summed E-state index contributed by atoms with van der Waals surface area (Å²) in [5.41, 5.74) is 18.1. The molecular weight excluding hydrogens is 925 g/mol. The molecule has 0 saturated carbocycles. The molecule has 0 N–H and O–H groups in total. The SMILES string of the molecule is CC(C)(C)c1ccc2c(c1)c1cc(C(C)(C)C)ccc1n2-c1cc(-c2ccc3c(n2)-c2ccccc2[Si]32c3ccccc3-c3ccccc32)cc(-n2c3ccc(C(C)(C)C)cc3c3cc(C(C)(C)C)ccc32)c1C#N. The fraction of sp³-hybridized carbons (Fsp3) is 0.229. The molecule has 0 atom stereocenters. The Labute approximate surface area is 443 Å². The molecule has 11 aromatic rings. The van der Waals surface area contributed by atoms with Crippen LogP contribution in [0.25, 0.3) is 88.6 Å². The van der Waals surface area contributed by atoms with Crippen LogP contribution in [0.1, 0.15) is 111 Å². The molecule has 3 aromatic heterocycles. The summed E-state index contributed by atoms with van der Waals surface area (Å²) in [6, 6.07) is 67.1. The summed E-state index contributed by atoms with van der Waals surface area (Å²) in [4.78, 5) is 5.87. The molecule has 13 rings (SSSR count). The Balaban J connectivity index is 1.15. The summed E-state index contributed by atoms with van der Waals surface area (Å²) < 4.78 is 4.74. The average molecular weight is 989 g/mol. The van der Waals surface area contributed by atoms with Crippen LogP contribution in [-0.4, -0.2) is 22.2 Å². The van der Waals surface area contributed by atoms with Crippen molar-refractivity contribution in [2.24, 2.45) is 0 Å². The summed E-state index contributed by atoms with van der Waals surface area (Å²) >= 11 is 0. The zero-order valence-corrected chi connectivity index (χ0v) is 46.5. The third-order valence-corrected chi connectivity index (χ3v) is 21.8. The second-order valence-corrected chi connectivity index (χ2v) is 29.2. The van der Waals surface area contributed by atoms with Crippen LogP contribution >= 0.6 is 0 Å². The van der Waals surface area contributed by atoms with Crippen LogP contribution < -0.4 is 20.7 Å². The normalized spacial score (nSPS) is 14.0. The quantitative estimate of drug-likeness (QED) is 0.166. The van der Waals surface area contributed by atoms with Crippen LogP contribution in [0.3, 0.4) is 0 Å². The average Bonchev–Trinajstić information content (AvgIpc) is 4.10. The van der Waals surface area contributed by atoms with Crippen LogP contribution in [0.2, 0.25) is 0 Å². The molecule has 0 aliphatic carbocycles. The Morgan fingerprint density at radius 2 is 0.733 bits per heavy atom. The number of hydrogen-bond acceptors (Lipinski definition) is 2. The van der Waals surface area contributed by atoms with Crippen LogP contribution in [-0.2, 0) is 21.7 Å². The van der Waals surface area contributed by atoms with Gasteiger partial charge in [0, 0.05) is 32.7 Å². The lowest BCUT2D eigenvalue weighted by molar-refractivity contribution is 0.590. The first-order valence-corrected chi connectivity index (χ1v) is 28.8. The number of benzene rings is 8. The smallest absolute Gasteiger partial charge is 0.183 e. The van der Waals surface area contributed by atoms with Crippen LogP contribution in [0, 0.1) is 11.3 Å². The van der Waals surface area contributed by atoms with Gasteiger partial charge in [0.1, 0.15) is 11.6 Å². The number of pyridine rings is 1. The zero-order chi connectivity index (χ0) is 52.3. The monoisotopic (exact) mass is 988 g/mol. The van der Waals surface area contributed by atoms with E-state index >= 15 is 0 Å². The molecule has 2 aliphatic heterocycles. The van der Waals surface area contributed by atoms with Crippen LogP contribution in [0.15, 0.2) is 170 Å². The van der Waals surface area contributed by atoms with Gasteiger partial charge in [0.05, 0.1) is 44.8 Å². The molecule has 1 spiro atoms. The number of hydrogen-bond donors (Lipinski definition) is 0. The van der Waals surface area contributed by atoms with Gasteiger partial charge in [-0.3, -0.25) is 0 Å². The van der Waals surface area contributed by atoms with Crippen LogP contribution in [0.5, 0.6) is 0 Å². The van der Waals surface area contributed by atoms with E-state index in [9.17, 15) is 5.26 Å². The second kappa shape index (κ2) is 15.9. The van der Waals surface area contributed by atoms with Gasteiger partial charge in [-0.2, -0.15) is 5.26 Å². The predicted molar refractivity (Wildman–Crippen MR) is 319 cm³/mol. The van der Waals surface area contributed by atoms with Crippen molar-refractivity contribution in [2.75, 3.05) is 0 Å². The molecule has 0 amide bonds. The topological polar surface area (TPSA) is 46.5 Å². The fourth-order valence-electron chi connectivity index (χ4n) is 12.8. The highest BCUT2D eigenvalue weighted by Gasteiger charge is 2.54. The molecule has 0 fully saturated rings. The lowest BCUT2D eigenvalue weighted by Gasteiger charge is -2.27. The molecular formula is C70H64N4Si. The van der Waals surface area contributed by atoms with Gasteiger partial charge in [-0.15, -0.1) is 0 Å². The summed E-state index contributed by atoms with van der Waals surface area (Å²) in [6.07, 6.45) is 0. The van der Waals surface area contributed by atoms with E-state index in [1.54, 1.807) is 0 Å². The third-order valence-electron chi connectivity index (χ3n) is 16.8. The van der Waals surface area contributed by atoms with Gasteiger partial charge in [-0.25, -0.2) is 4.98 Å². The molecule has 0 unspecified atom stereocenters. The molecule has 5 heteroatoms.